The standard InChI is InChI=1S/C17H23NO3/c1-17(2,3)21-13-16(20)18(4)12-15-9-7-14(8-10-15)6-5-11-19/h7-10,19H,11-13H2,1-4H3. The summed E-state index contributed by atoms with van der Waals surface area (Å²) in [6, 6.07) is 7.61. The molecule has 0 fully saturated rings. The second-order valence-corrected chi connectivity index (χ2v) is 5.81. The van der Waals surface area contributed by atoms with Crippen LogP contribution >= 0.6 is 0 Å². The highest BCUT2D eigenvalue weighted by Crippen LogP contribution is 2.09. The zero-order chi connectivity index (χ0) is 15.9. The summed E-state index contributed by atoms with van der Waals surface area (Å²) in [4.78, 5) is 13.6. The summed E-state index contributed by atoms with van der Waals surface area (Å²) in [7, 11) is 1.76. The first-order valence-corrected chi connectivity index (χ1v) is 6.88. The lowest BCUT2D eigenvalue weighted by atomic mass is 10.1. The molecule has 1 aromatic rings. The van der Waals surface area contributed by atoms with Crippen molar-refractivity contribution in [2.75, 3.05) is 20.3 Å². The van der Waals surface area contributed by atoms with Gasteiger partial charge in [0, 0.05) is 19.2 Å². The van der Waals surface area contributed by atoms with E-state index in [0.29, 0.717) is 6.54 Å². The summed E-state index contributed by atoms with van der Waals surface area (Å²) >= 11 is 0. The third-order valence-corrected chi connectivity index (χ3v) is 2.74. The number of hydrogen-bond donors (Lipinski definition) is 1. The monoisotopic (exact) mass is 289 g/mol. The van der Waals surface area contributed by atoms with Crippen molar-refractivity contribution >= 4 is 5.91 Å². The maximum absolute atomic E-state index is 12.0. The van der Waals surface area contributed by atoms with Crippen LogP contribution in [0.25, 0.3) is 0 Å². The van der Waals surface area contributed by atoms with Crippen molar-refractivity contribution in [1.82, 2.24) is 4.90 Å². The molecule has 1 aromatic carbocycles. The van der Waals surface area contributed by atoms with Crippen molar-refractivity contribution in [1.29, 1.82) is 0 Å². The van der Waals surface area contributed by atoms with Gasteiger partial charge in [0.25, 0.3) is 0 Å². The van der Waals surface area contributed by atoms with E-state index in [2.05, 4.69) is 11.8 Å². The Balaban J connectivity index is 2.54. The number of rotatable bonds is 4. The maximum Gasteiger partial charge on any atom is 0.248 e. The van der Waals surface area contributed by atoms with Gasteiger partial charge in [0.1, 0.15) is 13.2 Å². The van der Waals surface area contributed by atoms with E-state index >= 15 is 0 Å². The van der Waals surface area contributed by atoms with Gasteiger partial charge in [-0.3, -0.25) is 4.79 Å². The van der Waals surface area contributed by atoms with Gasteiger partial charge >= 0.3 is 0 Å². The number of aliphatic hydroxyl groups is 1. The summed E-state index contributed by atoms with van der Waals surface area (Å²) in [5, 5.41) is 8.64. The second kappa shape index (κ2) is 7.82. The zero-order valence-corrected chi connectivity index (χ0v) is 13.1. The van der Waals surface area contributed by atoms with Crippen molar-refractivity contribution in [3.63, 3.8) is 0 Å². The number of benzene rings is 1. The van der Waals surface area contributed by atoms with Crippen LogP contribution in [0.15, 0.2) is 24.3 Å². The summed E-state index contributed by atoms with van der Waals surface area (Å²) in [6.07, 6.45) is 0. The van der Waals surface area contributed by atoms with Gasteiger partial charge in [-0.1, -0.05) is 24.0 Å². The predicted octanol–water partition coefficient (Wildman–Crippen LogP) is 1.80. The highest BCUT2D eigenvalue weighted by Gasteiger charge is 2.15. The van der Waals surface area contributed by atoms with Crippen LogP contribution in [0.2, 0.25) is 0 Å². The minimum Gasteiger partial charge on any atom is -0.384 e. The SMILES string of the molecule is CN(Cc1ccc(C#CCO)cc1)C(=O)COC(C)(C)C. The van der Waals surface area contributed by atoms with Gasteiger partial charge in [0.2, 0.25) is 5.91 Å². The van der Waals surface area contributed by atoms with Crippen LogP contribution in [0.1, 0.15) is 31.9 Å². The molecule has 0 aliphatic rings. The Morgan fingerprint density at radius 2 is 1.90 bits per heavy atom. The summed E-state index contributed by atoms with van der Waals surface area (Å²) in [5.41, 5.74) is 1.55. The van der Waals surface area contributed by atoms with E-state index in [0.717, 1.165) is 11.1 Å². The molecule has 0 atom stereocenters. The quantitative estimate of drug-likeness (QED) is 0.860. The molecule has 0 saturated carbocycles. The Morgan fingerprint density at radius 1 is 1.29 bits per heavy atom. The van der Waals surface area contributed by atoms with E-state index in [4.69, 9.17) is 9.84 Å². The van der Waals surface area contributed by atoms with Crippen molar-refractivity contribution in [2.24, 2.45) is 0 Å². The van der Waals surface area contributed by atoms with E-state index in [1.165, 1.54) is 0 Å². The van der Waals surface area contributed by atoms with Crippen molar-refractivity contribution in [2.45, 2.75) is 32.9 Å². The number of carbonyl (C=O) groups is 1. The van der Waals surface area contributed by atoms with E-state index in [9.17, 15) is 4.79 Å². The van der Waals surface area contributed by atoms with Gasteiger partial charge in [-0.25, -0.2) is 0 Å². The number of aliphatic hydroxyl groups excluding tert-OH is 1. The average molecular weight is 289 g/mol. The third kappa shape index (κ3) is 6.94. The van der Waals surface area contributed by atoms with Crippen molar-refractivity contribution in [3.05, 3.63) is 35.4 Å². The molecule has 1 rings (SSSR count). The maximum atomic E-state index is 12.0. The van der Waals surface area contributed by atoms with Gasteiger partial charge in [-0.15, -0.1) is 0 Å². The molecule has 21 heavy (non-hydrogen) atoms. The molecule has 0 aliphatic heterocycles. The Bertz CT molecular complexity index is 518. The lowest BCUT2D eigenvalue weighted by Crippen LogP contribution is -2.33. The fourth-order valence-electron chi connectivity index (χ4n) is 1.59. The first kappa shape index (κ1) is 17.2. The molecular formula is C17H23NO3. The average Bonchev–Trinajstić information content (AvgIpc) is 2.43. The molecule has 0 saturated heterocycles. The smallest absolute Gasteiger partial charge is 0.248 e. The van der Waals surface area contributed by atoms with Crippen LogP contribution in [-0.2, 0) is 16.1 Å². The molecule has 114 valence electrons. The first-order chi connectivity index (χ1) is 9.81. The normalized spacial score (nSPS) is 10.7. The minimum absolute atomic E-state index is 0.0472. The van der Waals surface area contributed by atoms with E-state index < -0.39 is 0 Å². The van der Waals surface area contributed by atoms with Crippen molar-refractivity contribution in [3.8, 4) is 11.8 Å². The predicted molar refractivity (Wildman–Crippen MR) is 82.6 cm³/mol. The van der Waals surface area contributed by atoms with Crippen LogP contribution in [-0.4, -0.2) is 41.8 Å². The fraction of sp³-hybridized carbons (Fsp3) is 0.471. The molecule has 0 heterocycles. The Labute approximate surface area is 126 Å². The molecule has 0 spiro atoms. The molecule has 4 heteroatoms. The van der Waals surface area contributed by atoms with Crippen LogP contribution in [0.4, 0.5) is 0 Å². The van der Waals surface area contributed by atoms with Crippen LogP contribution in [0, 0.1) is 11.8 Å². The van der Waals surface area contributed by atoms with Gasteiger partial charge < -0.3 is 14.7 Å². The van der Waals surface area contributed by atoms with E-state index in [1.54, 1.807) is 11.9 Å². The highest BCUT2D eigenvalue weighted by molar-refractivity contribution is 5.77. The highest BCUT2D eigenvalue weighted by atomic mass is 16.5. The molecule has 0 radical (unpaired) electrons. The van der Waals surface area contributed by atoms with Crippen LogP contribution in [0.5, 0.6) is 0 Å². The van der Waals surface area contributed by atoms with Crippen molar-refractivity contribution < 1.29 is 14.6 Å². The van der Waals surface area contributed by atoms with Gasteiger partial charge in [0.15, 0.2) is 0 Å². The number of amides is 1. The second-order valence-electron chi connectivity index (χ2n) is 5.81. The van der Waals surface area contributed by atoms with E-state index in [1.807, 2.05) is 45.0 Å². The number of carbonyl (C=O) groups excluding carboxylic acids is 1. The first-order valence-electron chi connectivity index (χ1n) is 6.88. The molecule has 0 bridgehead atoms. The summed E-state index contributed by atoms with van der Waals surface area (Å²) < 4.78 is 5.48. The Morgan fingerprint density at radius 3 is 2.43 bits per heavy atom. The zero-order valence-electron chi connectivity index (χ0n) is 13.1. The van der Waals surface area contributed by atoms with Gasteiger partial charge in [0.05, 0.1) is 5.60 Å². The lowest BCUT2D eigenvalue weighted by molar-refractivity contribution is -0.140. The number of hydrogen-bond acceptors (Lipinski definition) is 3. The summed E-state index contributed by atoms with van der Waals surface area (Å²) in [6.45, 7) is 6.23. The lowest BCUT2D eigenvalue weighted by Gasteiger charge is -2.22. The molecule has 1 amide bonds. The molecule has 1 N–H and O–H groups in total. The molecule has 0 aliphatic carbocycles. The Hall–Kier alpha value is -1.83. The Kier molecular flexibility index (Phi) is 6.41. The van der Waals surface area contributed by atoms with Gasteiger partial charge in [-0.2, -0.15) is 0 Å². The van der Waals surface area contributed by atoms with Crippen LogP contribution in [0.3, 0.4) is 0 Å². The number of nitrogens with zero attached hydrogens (tertiary/aromatic N) is 1. The number of likely N-dealkylation sites (N-methyl/N-ethyl adjacent to an activating group) is 1. The summed E-state index contributed by atoms with van der Waals surface area (Å²) in [5.74, 6) is 5.39. The largest absolute Gasteiger partial charge is 0.384 e. The third-order valence-electron chi connectivity index (χ3n) is 2.74. The molecule has 4 nitrogen and oxygen atoms in total. The fourth-order valence-corrected chi connectivity index (χ4v) is 1.59. The van der Waals surface area contributed by atoms with Crippen LogP contribution < -0.4 is 0 Å². The topological polar surface area (TPSA) is 49.8 Å². The van der Waals surface area contributed by atoms with E-state index in [-0.39, 0.29) is 24.7 Å². The minimum atomic E-state index is -0.316. The molecular weight excluding hydrogens is 266 g/mol. The molecule has 0 unspecified atom stereocenters. The molecule has 0 aromatic heterocycles. The number of ether oxygens (including phenoxy) is 1. The van der Waals surface area contributed by atoms with Gasteiger partial charge in [-0.05, 0) is 38.5 Å².